The van der Waals surface area contributed by atoms with E-state index in [0.717, 1.165) is 49.7 Å². The maximum atomic E-state index is 14.0. The largest absolute Gasteiger partial charge is 0.498 e. The topological polar surface area (TPSA) is 72.0 Å². The van der Waals surface area contributed by atoms with Crippen LogP contribution in [0.25, 0.3) is 0 Å². The van der Waals surface area contributed by atoms with Crippen LogP contribution in [0.2, 0.25) is 0 Å². The van der Waals surface area contributed by atoms with Crippen molar-refractivity contribution in [3.8, 4) is 11.5 Å². The van der Waals surface area contributed by atoms with E-state index >= 15 is 0 Å². The molecule has 1 aromatic carbocycles. The molecule has 0 spiro atoms. The van der Waals surface area contributed by atoms with Gasteiger partial charge in [-0.15, -0.1) is 0 Å². The van der Waals surface area contributed by atoms with E-state index in [1.807, 2.05) is 25.1 Å². The lowest BCUT2D eigenvalue weighted by molar-refractivity contribution is 0.133. The molecule has 1 N–H and O–H groups in total. The Morgan fingerprint density at radius 1 is 1.15 bits per heavy atom. The van der Waals surface area contributed by atoms with Gasteiger partial charge in [-0.2, -0.15) is 0 Å². The van der Waals surface area contributed by atoms with E-state index in [0.29, 0.717) is 18.3 Å². The second-order valence-electron chi connectivity index (χ2n) is 8.31. The molecule has 1 saturated heterocycles. The highest BCUT2D eigenvalue weighted by molar-refractivity contribution is 5.57. The van der Waals surface area contributed by atoms with Gasteiger partial charge in [-0.1, -0.05) is 12.6 Å². The average Bonchev–Trinajstić information content (AvgIpc) is 2.85. The first-order valence-corrected chi connectivity index (χ1v) is 11.3. The minimum Gasteiger partial charge on any atom is -0.498 e. The fraction of sp³-hybridized carbons (Fsp3) is 0.440. The minimum atomic E-state index is -0.525. The summed E-state index contributed by atoms with van der Waals surface area (Å²) in [6.07, 6.45) is 3.05. The van der Waals surface area contributed by atoms with Gasteiger partial charge in [-0.05, 0) is 32.5 Å². The van der Waals surface area contributed by atoms with Crippen LogP contribution in [0.4, 0.5) is 16.0 Å². The van der Waals surface area contributed by atoms with E-state index in [9.17, 15) is 4.39 Å². The molecule has 184 valence electrons. The predicted molar refractivity (Wildman–Crippen MR) is 131 cm³/mol. The number of allylic oxidation sites excluding steroid dienone is 1. The molecule has 3 rings (SSSR count). The van der Waals surface area contributed by atoms with Crippen LogP contribution in [0.3, 0.4) is 0 Å². The van der Waals surface area contributed by atoms with Crippen LogP contribution >= 0.6 is 0 Å². The Morgan fingerprint density at radius 3 is 2.53 bits per heavy atom. The number of ether oxygens (including phenoxy) is 3. The van der Waals surface area contributed by atoms with Gasteiger partial charge in [0.05, 0.1) is 19.5 Å². The van der Waals surface area contributed by atoms with E-state index in [1.165, 1.54) is 26.4 Å². The number of aromatic nitrogens is 2. The van der Waals surface area contributed by atoms with Crippen LogP contribution in [-0.2, 0) is 4.74 Å². The van der Waals surface area contributed by atoms with Gasteiger partial charge >= 0.3 is 0 Å². The highest BCUT2D eigenvalue weighted by Crippen LogP contribution is 2.25. The molecule has 0 bridgehead atoms. The number of aryl methyl sites for hydroxylation is 1. The maximum absolute atomic E-state index is 14.0. The molecule has 8 nitrogen and oxygen atoms in total. The average molecular weight is 472 g/mol. The second kappa shape index (κ2) is 12.3. The van der Waals surface area contributed by atoms with Gasteiger partial charge in [0.2, 0.25) is 5.95 Å². The lowest BCUT2D eigenvalue weighted by Gasteiger charge is -2.32. The summed E-state index contributed by atoms with van der Waals surface area (Å²) in [5.74, 6) is 1.29. The smallest absolute Gasteiger partial charge is 0.227 e. The Labute approximate surface area is 201 Å². The van der Waals surface area contributed by atoms with Crippen molar-refractivity contribution in [1.29, 1.82) is 0 Å². The van der Waals surface area contributed by atoms with Crippen LogP contribution in [0.15, 0.2) is 54.3 Å². The third-order valence-corrected chi connectivity index (χ3v) is 5.67. The third-order valence-electron chi connectivity index (χ3n) is 5.67. The zero-order valence-electron chi connectivity index (χ0n) is 20.4. The number of likely N-dealkylation sites (N-methyl/N-ethyl adjacent to an activating group) is 1. The van der Waals surface area contributed by atoms with E-state index in [4.69, 9.17) is 14.2 Å². The van der Waals surface area contributed by atoms with Gasteiger partial charge in [0.1, 0.15) is 24.7 Å². The van der Waals surface area contributed by atoms with E-state index in [1.54, 1.807) is 0 Å². The summed E-state index contributed by atoms with van der Waals surface area (Å²) in [6.45, 7) is 13.1. The van der Waals surface area contributed by atoms with Crippen molar-refractivity contribution in [2.45, 2.75) is 13.8 Å². The summed E-state index contributed by atoms with van der Waals surface area (Å²) in [5, 5.41) is 3.17. The number of hydrogen-bond acceptors (Lipinski definition) is 8. The number of benzene rings is 1. The van der Waals surface area contributed by atoms with Crippen LogP contribution in [-0.4, -0.2) is 79.9 Å². The first kappa shape index (κ1) is 25.5. The number of piperazine rings is 1. The summed E-state index contributed by atoms with van der Waals surface area (Å²) in [6, 6.07) is 5.90. The molecule has 0 radical (unpaired) electrons. The number of rotatable bonds is 11. The van der Waals surface area contributed by atoms with E-state index in [2.05, 4.69) is 38.7 Å². The predicted octanol–water partition coefficient (Wildman–Crippen LogP) is 3.94. The lowest BCUT2D eigenvalue weighted by Crippen LogP contribution is -2.45. The molecule has 0 unspecified atom stereocenters. The van der Waals surface area contributed by atoms with Crippen molar-refractivity contribution in [3.05, 3.63) is 59.9 Å². The number of hydrogen-bond donors (Lipinski definition) is 1. The standard InChI is InChI=1S/C25H34FN5O3/c1-18-6-7-21(14-23(18)33-13-12-31-10-8-30(4)9-11-31)29-25-27-15-22(16-28-25)34-17-19(2)24(26)20(3)32-5/h6-7,14-16H,2,8-13,17H2,1,3-5H3,(H,27,28,29)/b24-20-. The molecule has 0 saturated carbocycles. The summed E-state index contributed by atoms with van der Waals surface area (Å²) < 4.78 is 30.4. The van der Waals surface area contributed by atoms with Gasteiger partial charge in [0.15, 0.2) is 11.6 Å². The van der Waals surface area contributed by atoms with Crippen molar-refractivity contribution in [3.63, 3.8) is 0 Å². The van der Waals surface area contributed by atoms with Crippen molar-refractivity contribution < 1.29 is 18.6 Å². The van der Waals surface area contributed by atoms with Crippen molar-refractivity contribution in [1.82, 2.24) is 19.8 Å². The van der Waals surface area contributed by atoms with Crippen LogP contribution in [0.5, 0.6) is 11.5 Å². The summed E-state index contributed by atoms with van der Waals surface area (Å²) in [5.41, 5.74) is 2.07. The maximum Gasteiger partial charge on any atom is 0.227 e. The summed E-state index contributed by atoms with van der Waals surface area (Å²) >= 11 is 0. The fourth-order valence-corrected chi connectivity index (χ4v) is 3.35. The van der Waals surface area contributed by atoms with Crippen LogP contribution in [0, 0.1) is 6.92 Å². The molecule has 1 aromatic heterocycles. The number of nitrogens with one attached hydrogen (secondary N) is 1. The molecule has 1 fully saturated rings. The first-order chi connectivity index (χ1) is 16.4. The van der Waals surface area contributed by atoms with Crippen molar-refractivity contribution in [2.75, 3.05) is 65.4 Å². The Hall–Kier alpha value is -3.17. The van der Waals surface area contributed by atoms with E-state index in [-0.39, 0.29) is 17.9 Å². The zero-order valence-corrected chi connectivity index (χ0v) is 20.4. The molecular formula is C25H34FN5O3. The van der Waals surface area contributed by atoms with Gasteiger partial charge < -0.3 is 24.4 Å². The Bertz CT molecular complexity index is 989. The van der Waals surface area contributed by atoms with Gasteiger partial charge in [0, 0.05) is 50.1 Å². The molecular weight excluding hydrogens is 437 g/mol. The van der Waals surface area contributed by atoms with Gasteiger partial charge in [-0.25, -0.2) is 14.4 Å². The monoisotopic (exact) mass is 471 g/mol. The molecule has 34 heavy (non-hydrogen) atoms. The first-order valence-electron chi connectivity index (χ1n) is 11.3. The summed E-state index contributed by atoms with van der Waals surface area (Å²) in [7, 11) is 3.56. The highest BCUT2D eigenvalue weighted by Gasteiger charge is 2.14. The number of nitrogens with zero attached hydrogens (tertiary/aromatic N) is 4. The minimum absolute atomic E-state index is 0.0323. The highest BCUT2D eigenvalue weighted by atomic mass is 19.1. The van der Waals surface area contributed by atoms with Crippen LogP contribution in [0.1, 0.15) is 12.5 Å². The number of halogens is 1. The lowest BCUT2D eigenvalue weighted by atomic mass is 10.2. The Balaban J connectivity index is 1.50. The Morgan fingerprint density at radius 2 is 1.85 bits per heavy atom. The van der Waals surface area contributed by atoms with Gasteiger partial charge in [-0.3, -0.25) is 4.90 Å². The molecule has 0 aliphatic carbocycles. The molecule has 2 heterocycles. The molecule has 1 aliphatic heterocycles. The number of methoxy groups -OCH3 is 1. The van der Waals surface area contributed by atoms with Crippen molar-refractivity contribution in [2.24, 2.45) is 0 Å². The molecule has 0 amide bonds. The summed E-state index contributed by atoms with van der Waals surface area (Å²) in [4.78, 5) is 13.3. The molecule has 2 aromatic rings. The molecule has 1 aliphatic rings. The second-order valence-corrected chi connectivity index (χ2v) is 8.31. The van der Waals surface area contributed by atoms with Crippen LogP contribution < -0.4 is 14.8 Å². The molecule has 0 atom stereocenters. The Kier molecular flexibility index (Phi) is 9.24. The number of anilines is 2. The third kappa shape index (κ3) is 7.43. The van der Waals surface area contributed by atoms with E-state index < -0.39 is 5.83 Å². The fourth-order valence-electron chi connectivity index (χ4n) is 3.35. The molecule has 9 heteroatoms. The quantitative estimate of drug-likeness (QED) is 0.390. The zero-order chi connectivity index (χ0) is 24.5. The normalized spacial score (nSPS) is 15.4. The van der Waals surface area contributed by atoms with Gasteiger partial charge in [0.25, 0.3) is 0 Å². The van der Waals surface area contributed by atoms with Crippen molar-refractivity contribution >= 4 is 11.6 Å². The SMILES string of the molecule is C=C(COc1cnc(Nc2ccc(C)c(OCCN3CCN(C)CC3)c2)nc1)/C(F)=C(\C)OC.